The van der Waals surface area contributed by atoms with Crippen LogP contribution in [0.4, 0.5) is 5.69 Å². The molecule has 1 saturated carbocycles. The number of hydrogen-bond acceptors (Lipinski definition) is 4. The van der Waals surface area contributed by atoms with Crippen molar-refractivity contribution in [1.29, 1.82) is 0 Å². The first kappa shape index (κ1) is 16.6. The van der Waals surface area contributed by atoms with Gasteiger partial charge < -0.3 is 10.1 Å². The topological polar surface area (TPSA) is 64.1 Å². The van der Waals surface area contributed by atoms with E-state index in [4.69, 9.17) is 4.74 Å². The van der Waals surface area contributed by atoms with Crippen molar-refractivity contribution in [2.45, 2.75) is 51.7 Å². The molecule has 0 radical (unpaired) electrons. The van der Waals surface area contributed by atoms with Crippen molar-refractivity contribution >= 4 is 11.6 Å². The Bertz CT molecular complexity index is 697. The maximum Gasteiger partial charge on any atom is 0.274 e. The van der Waals surface area contributed by atoms with Crippen molar-refractivity contribution in [2.75, 3.05) is 5.32 Å². The summed E-state index contributed by atoms with van der Waals surface area (Å²) in [5, 5.41) is 2.88. The highest BCUT2D eigenvalue weighted by atomic mass is 16.5. The molecule has 1 aromatic carbocycles. The summed E-state index contributed by atoms with van der Waals surface area (Å²) in [5.74, 6) is 0.350. The summed E-state index contributed by atoms with van der Waals surface area (Å²) >= 11 is 0. The number of carbonyl (C=O) groups excluding carboxylic acids is 1. The van der Waals surface area contributed by atoms with Crippen LogP contribution >= 0.6 is 0 Å². The van der Waals surface area contributed by atoms with Gasteiger partial charge in [-0.05, 0) is 43.5 Å². The number of amides is 1. The molecule has 0 unspecified atom stereocenters. The fourth-order valence-electron chi connectivity index (χ4n) is 2.96. The van der Waals surface area contributed by atoms with Crippen LogP contribution in [-0.2, 0) is 11.3 Å². The number of aromatic nitrogens is 2. The van der Waals surface area contributed by atoms with Gasteiger partial charge in [-0.2, -0.15) is 0 Å². The van der Waals surface area contributed by atoms with Crippen LogP contribution in [0.15, 0.2) is 36.5 Å². The third kappa shape index (κ3) is 4.61. The molecule has 1 aliphatic carbocycles. The first-order chi connectivity index (χ1) is 11.7. The van der Waals surface area contributed by atoms with Gasteiger partial charge in [0.2, 0.25) is 0 Å². The van der Waals surface area contributed by atoms with E-state index in [-0.39, 0.29) is 5.91 Å². The Labute approximate surface area is 142 Å². The summed E-state index contributed by atoms with van der Waals surface area (Å²) in [6, 6.07) is 9.39. The smallest absolute Gasteiger partial charge is 0.274 e. The van der Waals surface area contributed by atoms with Crippen LogP contribution in [0.2, 0.25) is 0 Å². The SMILES string of the molecule is Cc1nccc(C(=O)Nc2cccc(COC3CCCCC3)c2)n1. The predicted molar refractivity (Wildman–Crippen MR) is 92.8 cm³/mol. The molecule has 1 amide bonds. The Morgan fingerprint density at radius 2 is 2.08 bits per heavy atom. The Balaban J connectivity index is 1.59. The molecule has 126 valence electrons. The van der Waals surface area contributed by atoms with Crippen molar-refractivity contribution in [3.8, 4) is 0 Å². The van der Waals surface area contributed by atoms with Crippen molar-refractivity contribution in [1.82, 2.24) is 9.97 Å². The fourth-order valence-corrected chi connectivity index (χ4v) is 2.96. The zero-order valence-corrected chi connectivity index (χ0v) is 14.0. The second-order valence-electron chi connectivity index (χ2n) is 6.21. The van der Waals surface area contributed by atoms with Gasteiger partial charge >= 0.3 is 0 Å². The van der Waals surface area contributed by atoms with Gasteiger partial charge in [-0.1, -0.05) is 31.4 Å². The van der Waals surface area contributed by atoms with Gasteiger partial charge in [0.25, 0.3) is 5.91 Å². The number of hydrogen-bond donors (Lipinski definition) is 1. The molecule has 0 atom stereocenters. The van der Waals surface area contributed by atoms with E-state index in [0.29, 0.717) is 24.2 Å². The van der Waals surface area contributed by atoms with Gasteiger partial charge in [0, 0.05) is 11.9 Å². The Kier molecular flexibility index (Phi) is 5.54. The zero-order valence-electron chi connectivity index (χ0n) is 14.0. The maximum atomic E-state index is 12.3. The predicted octanol–water partition coefficient (Wildman–Crippen LogP) is 3.89. The summed E-state index contributed by atoms with van der Waals surface area (Å²) in [6.07, 6.45) is 8.13. The third-order valence-electron chi connectivity index (χ3n) is 4.23. The van der Waals surface area contributed by atoms with Gasteiger partial charge in [-0.15, -0.1) is 0 Å². The normalized spacial score (nSPS) is 15.2. The first-order valence-corrected chi connectivity index (χ1v) is 8.52. The number of anilines is 1. The summed E-state index contributed by atoms with van der Waals surface area (Å²) in [6.45, 7) is 2.35. The summed E-state index contributed by atoms with van der Waals surface area (Å²) in [4.78, 5) is 20.4. The number of carbonyl (C=O) groups is 1. The molecule has 24 heavy (non-hydrogen) atoms. The van der Waals surface area contributed by atoms with Gasteiger partial charge in [0.15, 0.2) is 0 Å². The molecule has 2 aromatic rings. The quantitative estimate of drug-likeness (QED) is 0.906. The zero-order chi connectivity index (χ0) is 16.8. The number of nitrogens with one attached hydrogen (secondary N) is 1. The maximum absolute atomic E-state index is 12.3. The lowest BCUT2D eigenvalue weighted by atomic mass is 9.98. The average Bonchev–Trinajstić information content (AvgIpc) is 2.61. The van der Waals surface area contributed by atoms with Crippen LogP contribution in [0.25, 0.3) is 0 Å². The standard InChI is InChI=1S/C19H23N3O2/c1-14-20-11-10-18(21-14)19(23)22-16-7-5-6-15(12-16)13-24-17-8-3-2-4-9-17/h5-7,10-12,17H,2-4,8-9,13H2,1H3,(H,22,23). The lowest BCUT2D eigenvalue weighted by Gasteiger charge is -2.22. The fraction of sp³-hybridized carbons (Fsp3) is 0.421. The second-order valence-corrected chi connectivity index (χ2v) is 6.21. The molecule has 1 aromatic heterocycles. The van der Waals surface area contributed by atoms with Crippen LogP contribution < -0.4 is 5.32 Å². The second kappa shape index (κ2) is 8.02. The highest BCUT2D eigenvalue weighted by Gasteiger charge is 2.14. The molecule has 5 nitrogen and oxygen atoms in total. The molecule has 1 aliphatic rings. The van der Waals surface area contributed by atoms with Crippen molar-refractivity contribution in [3.05, 3.63) is 53.6 Å². The highest BCUT2D eigenvalue weighted by Crippen LogP contribution is 2.22. The number of rotatable bonds is 5. The van der Waals surface area contributed by atoms with Gasteiger partial charge in [-0.25, -0.2) is 9.97 Å². The summed E-state index contributed by atoms with van der Waals surface area (Å²) in [7, 11) is 0. The number of nitrogens with zero attached hydrogens (tertiary/aromatic N) is 2. The molecule has 0 saturated heterocycles. The van der Waals surface area contributed by atoms with E-state index in [0.717, 1.165) is 24.1 Å². The molecule has 1 fully saturated rings. The minimum Gasteiger partial charge on any atom is -0.374 e. The first-order valence-electron chi connectivity index (χ1n) is 8.52. The van der Waals surface area contributed by atoms with Crippen molar-refractivity contribution in [3.63, 3.8) is 0 Å². The minimum atomic E-state index is -0.231. The van der Waals surface area contributed by atoms with E-state index >= 15 is 0 Å². The van der Waals surface area contributed by atoms with Crippen molar-refractivity contribution < 1.29 is 9.53 Å². The minimum absolute atomic E-state index is 0.231. The highest BCUT2D eigenvalue weighted by molar-refractivity contribution is 6.02. The number of ether oxygens (including phenoxy) is 1. The Hall–Kier alpha value is -2.27. The molecule has 0 aliphatic heterocycles. The molecule has 5 heteroatoms. The monoisotopic (exact) mass is 325 g/mol. The molecule has 1 N–H and O–H groups in total. The lowest BCUT2D eigenvalue weighted by molar-refractivity contribution is 0.0169. The van der Waals surface area contributed by atoms with Gasteiger partial charge in [-0.3, -0.25) is 4.79 Å². The molecule has 1 heterocycles. The van der Waals surface area contributed by atoms with Crippen LogP contribution in [0.1, 0.15) is 54.0 Å². The lowest BCUT2D eigenvalue weighted by Crippen LogP contribution is -2.16. The molecule has 3 rings (SSSR count). The van der Waals surface area contributed by atoms with Crippen molar-refractivity contribution in [2.24, 2.45) is 0 Å². The van der Waals surface area contributed by atoms with Gasteiger partial charge in [0.1, 0.15) is 11.5 Å². The van der Waals surface area contributed by atoms with E-state index in [1.807, 2.05) is 24.3 Å². The van der Waals surface area contributed by atoms with E-state index in [1.165, 1.54) is 19.3 Å². The van der Waals surface area contributed by atoms with Crippen LogP contribution in [0.5, 0.6) is 0 Å². The van der Waals surface area contributed by atoms with E-state index in [2.05, 4.69) is 15.3 Å². The Morgan fingerprint density at radius 1 is 1.25 bits per heavy atom. The largest absolute Gasteiger partial charge is 0.374 e. The third-order valence-corrected chi connectivity index (χ3v) is 4.23. The van der Waals surface area contributed by atoms with Crippen LogP contribution in [0.3, 0.4) is 0 Å². The average molecular weight is 325 g/mol. The van der Waals surface area contributed by atoms with E-state index in [9.17, 15) is 4.79 Å². The molecule has 0 bridgehead atoms. The molecule has 0 spiro atoms. The van der Waals surface area contributed by atoms with Crippen LogP contribution in [0, 0.1) is 6.92 Å². The Morgan fingerprint density at radius 3 is 2.88 bits per heavy atom. The van der Waals surface area contributed by atoms with E-state index < -0.39 is 0 Å². The van der Waals surface area contributed by atoms with E-state index in [1.54, 1.807) is 19.2 Å². The van der Waals surface area contributed by atoms with Gasteiger partial charge in [0.05, 0.1) is 12.7 Å². The number of aryl methyl sites for hydroxylation is 1. The van der Waals surface area contributed by atoms with Crippen LogP contribution in [-0.4, -0.2) is 22.0 Å². The number of benzene rings is 1. The summed E-state index contributed by atoms with van der Waals surface area (Å²) in [5.41, 5.74) is 2.18. The summed E-state index contributed by atoms with van der Waals surface area (Å²) < 4.78 is 6.00. The molecular formula is C19H23N3O2. The molecular weight excluding hydrogens is 302 g/mol.